The van der Waals surface area contributed by atoms with Crippen LogP contribution in [0.3, 0.4) is 0 Å². The summed E-state index contributed by atoms with van der Waals surface area (Å²) in [6, 6.07) is 13.8. The van der Waals surface area contributed by atoms with E-state index in [2.05, 4.69) is 84.9 Å². The van der Waals surface area contributed by atoms with Gasteiger partial charge in [-0.25, -0.2) is 0 Å². The first-order chi connectivity index (χ1) is 9.70. The van der Waals surface area contributed by atoms with Crippen LogP contribution in [0.2, 0.25) is 0 Å². The number of aryl methyl sites for hydroxylation is 2. The molecule has 0 N–H and O–H groups in total. The second-order valence-corrected chi connectivity index (χ2v) is 7.51. The molecule has 0 amide bonds. The molecule has 0 spiro atoms. The molecular weight excluding hydrogens is 252 g/mol. The van der Waals surface area contributed by atoms with E-state index in [0.717, 1.165) is 0 Å². The molecule has 0 bridgehead atoms. The molecule has 0 heterocycles. The zero-order valence-electron chi connectivity index (χ0n) is 14.5. The zero-order valence-corrected chi connectivity index (χ0v) is 14.5. The van der Waals surface area contributed by atoms with Crippen molar-refractivity contribution in [2.75, 3.05) is 0 Å². The molecule has 0 fully saturated rings. The predicted molar refractivity (Wildman–Crippen MR) is 94.1 cm³/mol. The van der Waals surface area contributed by atoms with Gasteiger partial charge in [-0.2, -0.15) is 0 Å². The summed E-state index contributed by atoms with van der Waals surface area (Å²) in [6.45, 7) is 15.7. The molecule has 2 aromatic carbocycles. The molecule has 0 unspecified atom stereocenters. The second-order valence-electron chi connectivity index (χ2n) is 7.51. The normalized spacial score (nSPS) is 12.0. The first-order valence-electron chi connectivity index (χ1n) is 7.92. The summed E-state index contributed by atoms with van der Waals surface area (Å²) in [5.74, 6) is 0.585. The molecule has 0 aromatic heterocycles. The second kappa shape index (κ2) is 5.67. The van der Waals surface area contributed by atoms with Crippen molar-refractivity contribution in [1.82, 2.24) is 0 Å². The molecule has 0 nitrogen and oxygen atoms in total. The highest BCUT2D eigenvalue weighted by atomic mass is 14.2. The van der Waals surface area contributed by atoms with Crippen molar-refractivity contribution in [1.29, 1.82) is 0 Å². The lowest BCUT2D eigenvalue weighted by atomic mass is 9.84. The Kier molecular flexibility index (Phi) is 4.27. The van der Waals surface area contributed by atoms with Crippen molar-refractivity contribution in [2.45, 2.75) is 59.8 Å². The molecule has 0 saturated heterocycles. The number of hydrogen-bond donors (Lipinski definition) is 0. The van der Waals surface area contributed by atoms with Crippen molar-refractivity contribution in [3.05, 3.63) is 58.7 Å². The quantitative estimate of drug-likeness (QED) is 0.597. The summed E-state index contributed by atoms with van der Waals surface area (Å²) >= 11 is 0. The molecule has 0 atom stereocenters. The van der Waals surface area contributed by atoms with Crippen LogP contribution in [0.25, 0.3) is 11.1 Å². The SMILES string of the molecule is Cc1cc(C(C)C)ccc1-c1ccc(C(C)(C)C)cc1C. The minimum absolute atomic E-state index is 0.208. The number of rotatable bonds is 2. The Morgan fingerprint density at radius 1 is 0.762 bits per heavy atom. The van der Waals surface area contributed by atoms with E-state index in [9.17, 15) is 0 Å². The zero-order chi connectivity index (χ0) is 15.8. The van der Waals surface area contributed by atoms with Gasteiger partial charge in [0.1, 0.15) is 0 Å². The first-order valence-corrected chi connectivity index (χ1v) is 7.92. The molecule has 0 radical (unpaired) electrons. The van der Waals surface area contributed by atoms with Gasteiger partial charge in [-0.15, -0.1) is 0 Å². The Balaban J connectivity index is 2.48. The smallest absolute Gasteiger partial charge is 0.0132 e. The molecule has 21 heavy (non-hydrogen) atoms. The van der Waals surface area contributed by atoms with E-state index in [1.54, 1.807) is 0 Å². The van der Waals surface area contributed by atoms with Gasteiger partial charge in [0.05, 0.1) is 0 Å². The standard InChI is InChI=1S/C21H28/c1-14(2)17-8-10-19(15(3)12-17)20-11-9-18(13-16(20)4)21(5,6)7/h8-14H,1-7H3. The summed E-state index contributed by atoms with van der Waals surface area (Å²) in [5.41, 5.74) is 8.48. The predicted octanol–water partition coefficient (Wildman–Crippen LogP) is 6.39. The van der Waals surface area contributed by atoms with Crippen LogP contribution in [0.1, 0.15) is 62.8 Å². The highest BCUT2D eigenvalue weighted by Crippen LogP contribution is 2.32. The van der Waals surface area contributed by atoms with Crippen LogP contribution in [0, 0.1) is 13.8 Å². The van der Waals surface area contributed by atoms with E-state index in [0.29, 0.717) is 5.92 Å². The largest absolute Gasteiger partial charge is 0.0587 e. The van der Waals surface area contributed by atoms with E-state index in [4.69, 9.17) is 0 Å². The third-order valence-corrected chi connectivity index (χ3v) is 4.30. The third kappa shape index (κ3) is 3.37. The average Bonchev–Trinajstić information content (AvgIpc) is 2.38. The topological polar surface area (TPSA) is 0 Å². The van der Waals surface area contributed by atoms with Gasteiger partial charge in [-0.3, -0.25) is 0 Å². The lowest BCUT2D eigenvalue weighted by Gasteiger charge is -2.21. The van der Waals surface area contributed by atoms with Crippen LogP contribution in [-0.4, -0.2) is 0 Å². The van der Waals surface area contributed by atoms with Crippen LogP contribution in [-0.2, 0) is 5.41 Å². The molecule has 2 rings (SSSR count). The Labute approximate surface area is 130 Å². The number of hydrogen-bond acceptors (Lipinski definition) is 0. The van der Waals surface area contributed by atoms with Crippen molar-refractivity contribution >= 4 is 0 Å². The maximum Gasteiger partial charge on any atom is -0.0132 e. The molecule has 0 saturated carbocycles. The fourth-order valence-electron chi connectivity index (χ4n) is 2.78. The van der Waals surface area contributed by atoms with Crippen LogP contribution >= 0.6 is 0 Å². The van der Waals surface area contributed by atoms with Gasteiger partial charge in [0.25, 0.3) is 0 Å². The van der Waals surface area contributed by atoms with Crippen molar-refractivity contribution in [2.24, 2.45) is 0 Å². The van der Waals surface area contributed by atoms with Gasteiger partial charge < -0.3 is 0 Å². The number of benzene rings is 2. The van der Waals surface area contributed by atoms with E-state index in [1.807, 2.05) is 0 Å². The van der Waals surface area contributed by atoms with Gasteiger partial charge in [0.15, 0.2) is 0 Å². The van der Waals surface area contributed by atoms with Crippen LogP contribution in [0.5, 0.6) is 0 Å². The third-order valence-electron chi connectivity index (χ3n) is 4.30. The van der Waals surface area contributed by atoms with Crippen molar-refractivity contribution < 1.29 is 0 Å². The first kappa shape index (κ1) is 15.8. The molecular formula is C21H28. The Bertz CT molecular complexity index is 640. The molecule has 0 heteroatoms. The van der Waals surface area contributed by atoms with E-state index in [1.165, 1.54) is 33.4 Å². The van der Waals surface area contributed by atoms with Gasteiger partial charge in [0, 0.05) is 0 Å². The maximum atomic E-state index is 2.34. The van der Waals surface area contributed by atoms with Crippen LogP contribution < -0.4 is 0 Å². The molecule has 112 valence electrons. The summed E-state index contributed by atoms with van der Waals surface area (Å²) in [6.07, 6.45) is 0. The van der Waals surface area contributed by atoms with E-state index in [-0.39, 0.29) is 5.41 Å². The maximum absolute atomic E-state index is 2.34. The molecule has 0 aliphatic rings. The Morgan fingerprint density at radius 3 is 1.71 bits per heavy atom. The summed E-state index contributed by atoms with van der Waals surface area (Å²) in [4.78, 5) is 0. The summed E-state index contributed by atoms with van der Waals surface area (Å²) in [5, 5.41) is 0. The van der Waals surface area contributed by atoms with Gasteiger partial charge >= 0.3 is 0 Å². The average molecular weight is 280 g/mol. The van der Waals surface area contributed by atoms with Crippen molar-refractivity contribution in [3.63, 3.8) is 0 Å². The van der Waals surface area contributed by atoms with Crippen LogP contribution in [0.4, 0.5) is 0 Å². The molecule has 0 aliphatic heterocycles. The summed E-state index contributed by atoms with van der Waals surface area (Å²) < 4.78 is 0. The van der Waals surface area contributed by atoms with Crippen molar-refractivity contribution in [3.8, 4) is 11.1 Å². The minimum atomic E-state index is 0.208. The molecule has 2 aromatic rings. The Morgan fingerprint density at radius 2 is 1.29 bits per heavy atom. The fraction of sp³-hybridized carbons (Fsp3) is 0.429. The summed E-state index contributed by atoms with van der Waals surface area (Å²) in [7, 11) is 0. The fourth-order valence-corrected chi connectivity index (χ4v) is 2.78. The highest BCUT2D eigenvalue weighted by Gasteiger charge is 2.15. The lowest BCUT2D eigenvalue weighted by molar-refractivity contribution is 0.590. The van der Waals surface area contributed by atoms with E-state index < -0.39 is 0 Å². The Hall–Kier alpha value is -1.56. The van der Waals surface area contributed by atoms with E-state index >= 15 is 0 Å². The van der Waals surface area contributed by atoms with Gasteiger partial charge in [0.2, 0.25) is 0 Å². The van der Waals surface area contributed by atoms with Crippen LogP contribution in [0.15, 0.2) is 36.4 Å². The highest BCUT2D eigenvalue weighted by molar-refractivity contribution is 5.71. The minimum Gasteiger partial charge on any atom is -0.0587 e. The lowest BCUT2D eigenvalue weighted by Crippen LogP contribution is -2.11. The monoisotopic (exact) mass is 280 g/mol. The van der Waals surface area contributed by atoms with Gasteiger partial charge in [-0.05, 0) is 58.6 Å². The van der Waals surface area contributed by atoms with Gasteiger partial charge in [-0.1, -0.05) is 71.0 Å². The molecule has 0 aliphatic carbocycles.